The van der Waals surface area contributed by atoms with E-state index in [1.165, 1.54) is 0 Å². The molecule has 0 spiro atoms. The van der Waals surface area contributed by atoms with Crippen LogP contribution in [0.5, 0.6) is 0 Å². The fraction of sp³-hybridized carbons (Fsp3) is 0.286. The second-order valence-electron chi connectivity index (χ2n) is 4.16. The molecule has 2 aromatic heterocycles. The molecule has 3 nitrogen and oxygen atoms in total. The molecule has 0 fully saturated rings. The van der Waals surface area contributed by atoms with Crippen molar-refractivity contribution in [1.82, 2.24) is 9.97 Å². The Bertz CT molecular complexity index is 521. The monoisotopic (exact) mass is 293 g/mol. The van der Waals surface area contributed by atoms with Crippen LogP contribution < -0.4 is 5.73 Å². The summed E-state index contributed by atoms with van der Waals surface area (Å²) in [4.78, 5) is 8.71. The van der Waals surface area contributed by atoms with Crippen molar-refractivity contribution in [1.29, 1.82) is 0 Å². The van der Waals surface area contributed by atoms with Crippen molar-refractivity contribution in [2.24, 2.45) is 5.73 Å². The third-order valence-electron chi connectivity index (χ3n) is 2.80. The number of nitrogens with zero attached hydrogens (tertiary/aromatic N) is 2. The quantitative estimate of drug-likeness (QED) is 0.854. The SMILES string of the molecule is CCC(N)C(Sc1ncccc1Cl)c1ccccn1. The van der Waals surface area contributed by atoms with Crippen molar-refractivity contribution in [2.45, 2.75) is 29.7 Å². The van der Waals surface area contributed by atoms with E-state index in [1.54, 1.807) is 24.2 Å². The minimum atomic E-state index is 0.0120. The fourth-order valence-electron chi connectivity index (χ4n) is 1.70. The number of rotatable bonds is 5. The Hall–Kier alpha value is -1.10. The van der Waals surface area contributed by atoms with Gasteiger partial charge in [0.2, 0.25) is 0 Å². The maximum atomic E-state index is 6.22. The van der Waals surface area contributed by atoms with Gasteiger partial charge in [-0.25, -0.2) is 4.98 Å². The summed E-state index contributed by atoms with van der Waals surface area (Å²) in [5.74, 6) is 0. The van der Waals surface area contributed by atoms with Crippen LogP contribution in [0, 0.1) is 0 Å². The highest BCUT2D eigenvalue weighted by molar-refractivity contribution is 7.99. The van der Waals surface area contributed by atoms with Gasteiger partial charge in [-0.1, -0.05) is 36.4 Å². The number of halogens is 1. The standard InChI is InChI=1S/C14H16ClN3S/c1-2-11(16)13(12-7-3-4-8-17-12)19-14-10(15)6-5-9-18-14/h3-9,11,13H,2,16H2,1H3. The van der Waals surface area contributed by atoms with Gasteiger partial charge < -0.3 is 5.73 Å². The second kappa shape index (κ2) is 6.89. The summed E-state index contributed by atoms with van der Waals surface area (Å²) < 4.78 is 0. The van der Waals surface area contributed by atoms with Crippen LogP contribution in [0.1, 0.15) is 24.3 Å². The molecule has 19 heavy (non-hydrogen) atoms. The zero-order valence-electron chi connectivity index (χ0n) is 10.7. The van der Waals surface area contributed by atoms with E-state index >= 15 is 0 Å². The molecule has 0 saturated carbocycles. The Morgan fingerprint density at radius 2 is 2.00 bits per heavy atom. The Labute approximate surface area is 122 Å². The van der Waals surface area contributed by atoms with Crippen molar-refractivity contribution in [2.75, 3.05) is 0 Å². The molecule has 0 saturated heterocycles. The van der Waals surface area contributed by atoms with Crippen molar-refractivity contribution >= 4 is 23.4 Å². The lowest BCUT2D eigenvalue weighted by Gasteiger charge is -2.21. The first-order valence-corrected chi connectivity index (χ1v) is 7.41. The fourth-order valence-corrected chi connectivity index (χ4v) is 3.13. The minimum Gasteiger partial charge on any atom is -0.326 e. The highest BCUT2D eigenvalue weighted by atomic mass is 35.5. The Morgan fingerprint density at radius 3 is 2.63 bits per heavy atom. The highest BCUT2D eigenvalue weighted by Gasteiger charge is 2.22. The average molecular weight is 294 g/mol. The molecular formula is C14H16ClN3S. The van der Waals surface area contributed by atoms with Gasteiger partial charge in [0.25, 0.3) is 0 Å². The summed E-state index contributed by atoms with van der Waals surface area (Å²) in [6.07, 6.45) is 4.39. The van der Waals surface area contributed by atoms with Crippen LogP contribution in [0.15, 0.2) is 47.8 Å². The molecule has 0 aliphatic carbocycles. The predicted molar refractivity (Wildman–Crippen MR) is 80.3 cm³/mol. The zero-order valence-corrected chi connectivity index (χ0v) is 12.2. The van der Waals surface area contributed by atoms with Gasteiger partial charge in [-0.2, -0.15) is 0 Å². The van der Waals surface area contributed by atoms with Crippen LogP contribution in [-0.2, 0) is 0 Å². The van der Waals surface area contributed by atoms with Crippen molar-refractivity contribution < 1.29 is 0 Å². The average Bonchev–Trinajstić information content (AvgIpc) is 2.46. The van der Waals surface area contributed by atoms with Gasteiger partial charge in [0.15, 0.2) is 0 Å². The number of nitrogens with two attached hydrogens (primary N) is 1. The van der Waals surface area contributed by atoms with Gasteiger partial charge in [0.05, 0.1) is 16.0 Å². The first kappa shape index (κ1) is 14.3. The van der Waals surface area contributed by atoms with Crippen LogP contribution in [0.4, 0.5) is 0 Å². The van der Waals surface area contributed by atoms with Gasteiger partial charge in [-0.15, -0.1) is 0 Å². The summed E-state index contributed by atoms with van der Waals surface area (Å²) in [6, 6.07) is 9.53. The van der Waals surface area contributed by atoms with Gasteiger partial charge in [-0.05, 0) is 30.7 Å². The maximum absolute atomic E-state index is 6.22. The molecule has 2 atom stereocenters. The molecule has 5 heteroatoms. The summed E-state index contributed by atoms with van der Waals surface area (Å²) >= 11 is 7.73. The van der Waals surface area contributed by atoms with Gasteiger partial charge in [-0.3, -0.25) is 4.98 Å². The largest absolute Gasteiger partial charge is 0.326 e. The number of hydrogen-bond acceptors (Lipinski definition) is 4. The normalized spacial score (nSPS) is 14.1. The molecule has 0 amide bonds. The van der Waals surface area contributed by atoms with E-state index in [4.69, 9.17) is 17.3 Å². The van der Waals surface area contributed by atoms with E-state index in [9.17, 15) is 0 Å². The van der Waals surface area contributed by atoms with E-state index < -0.39 is 0 Å². The van der Waals surface area contributed by atoms with Gasteiger partial charge in [0.1, 0.15) is 5.03 Å². The molecule has 2 heterocycles. The van der Waals surface area contributed by atoms with Gasteiger partial charge >= 0.3 is 0 Å². The molecule has 0 aliphatic rings. The molecule has 2 aromatic rings. The van der Waals surface area contributed by atoms with Crippen LogP contribution in [0.2, 0.25) is 5.02 Å². The topological polar surface area (TPSA) is 51.8 Å². The molecule has 2 rings (SSSR count). The number of aromatic nitrogens is 2. The van der Waals surface area contributed by atoms with Crippen LogP contribution >= 0.6 is 23.4 Å². The zero-order chi connectivity index (χ0) is 13.7. The molecule has 100 valence electrons. The van der Waals surface area contributed by atoms with Gasteiger partial charge in [0, 0.05) is 18.4 Å². The van der Waals surface area contributed by atoms with E-state index in [-0.39, 0.29) is 11.3 Å². The van der Waals surface area contributed by atoms with Crippen molar-refractivity contribution in [3.05, 3.63) is 53.4 Å². The lowest BCUT2D eigenvalue weighted by Crippen LogP contribution is -2.26. The van der Waals surface area contributed by atoms with Crippen LogP contribution in [0.3, 0.4) is 0 Å². The molecule has 2 unspecified atom stereocenters. The molecule has 0 aromatic carbocycles. The highest BCUT2D eigenvalue weighted by Crippen LogP contribution is 2.38. The Morgan fingerprint density at radius 1 is 1.21 bits per heavy atom. The summed E-state index contributed by atoms with van der Waals surface area (Å²) in [7, 11) is 0. The van der Waals surface area contributed by atoms with E-state index in [1.807, 2.05) is 30.3 Å². The lowest BCUT2D eigenvalue weighted by atomic mass is 10.1. The summed E-state index contributed by atoms with van der Waals surface area (Å²) in [5.41, 5.74) is 7.18. The Kier molecular flexibility index (Phi) is 5.19. The summed E-state index contributed by atoms with van der Waals surface area (Å²) in [5, 5.41) is 1.50. The Balaban J connectivity index is 2.27. The lowest BCUT2D eigenvalue weighted by molar-refractivity contribution is 0.623. The smallest absolute Gasteiger partial charge is 0.115 e. The van der Waals surface area contributed by atoms with Crippen molar-refractivity contribution in [3.63, 3.8) is 0 Å². The molecule has 0 bridgehead atoms. The first-order chi connectivity index (χ1) is 9.22. The molecule has 0 radical (unpaired) electrons. The molecule has 2 N–H and O–H groups in total. The number of thioether (sulfide) groups is 1. The minimum absolute atomic E-state index is 0.0120. The van der Waals surface area contributed by atoms with Crippen molar-refractivity contribution in [3.8, 4) is 0 Å². The van der Waals surface area contributed by atoms with Crippen LogP contribution in [0.25, 0.3) is 0 Å². The first-order valence-electron chi connectivity index (χ1n) is 6.16. The third-order valence-corrected chi connectivity index (χ3v) is 4.61. The van der Waals surface area contributed by atoms with Crippen LogP contribution in [-0.4, -0.2) is 16.0 Å². The second-order valence-corrected chi connectivity index (χ2v) is 5.69. The number of hydrogen-bond donors (Lipinski definition) is 1. The maximum Gasteiger partial charge on any atom is 0.115 e. The molecular weight excluding hydrogens is 278 g/mol. The van der Waals surface area contributed by atoms with E-state index in [0.717, 1.165) is 17.1 Å². The third kappa shape index (κ3) is 3.69. The van der Waals surface area contributed by atoms with E-state index in [2.05, 4.69) is 16.9 Å². The predicted octanol–water partition coefficient (Wildman–Crippen LogP) is 3.70. The summed E-state index contributed by atoms with van der Waals surface area (Å²) in [6.45, 7) is 2.07. The van der Waals surface area contributed by atoms with E-state index in [0.29, 0.717) is 5.02 Å². The molecule has 0 aliphatic heterocycles. The number of pyridine rings is 2.